The molecule has 1 nitrogen and oxygen atoms in total. The van der Waals surface area contributed by atoms with Crippen molar-refractivity contribution in [2.45, 2.75) is 25.8 Å². The number of aryl methyl sites for hydroxylation is 1. The van der Waals surface area contributed by atoms with Gasteiger partial charge in [0.25, 0.3) is 0 Å². The Hall–Kier alpha value is -1.31. The van der Waals surface area contributed by atoms with Crippen LogP contribution < -0.4 is 5.32 Å². The minimum Gasteiger partial charge on any atom is -0.309 e. The lowest BCUT2D eigenvalue weighted by atomic mass is 9.96. The molecule has 0 saturated heterocycles. The summed E-state index contributed by atoms with van der Waals surface area (Å²) in [6, 6.07) is 16.9. The van der Waals surface area contributed by atoms with E-state index >= 15 is 0 Å². The molecule has 0 heterocycles. The van der Waals surface area contributed by atoms with Gasteiger partial charge in [0, 0.05) is 5.02 Å². The monoisotopic (exact) mass is 273 g/mol. The summed E-state index contributed by atoms with van der Waals surface area (Å²) >= 11 is 6.31. The third-order valence-corrected chi connectivity index (χ3v) is 3.67. The summed E-state index contributed by atoms with van der Waals surface area (Å²) in [5, 5.41) is 4.17. The van der Waals surface area contributed by atoms with E-state index in [0.29, 0.717) is 0 Å². The van der Waals surface area contributed by atoms with Crippen molar-refractivity contribution in [1.82, 2.24) is 5.32 Å². The first-order valence-electron chi connectivity index (χ1n) is 6.76. The second kappa shape index (κ2) is 6.74. The van der Waals surface area contributed by atoms with Crippen LogP contribution in [-0.4, -0.2) is 7.05 Å². The molecule has 1 atom stereocenters. The molecule has 0 fully saturated rings. The van der Waals surface area contributed by atoms with Gasteiger partial charge in [-0.1, -0.05) is 67.4 Å². The zero-order valence-electron chi connectivity index (χ0n) is 11.5. The van der Waals surface area contributed by atoms with E-state index in [1.807, 2.05) is 25.2 Å². The van der Waals surface area contributed by atoms with Crippen LogP contribution in [-0.2, 0) is 6.42 Å². The van der Waals surface area contributed by atoms with Gasteiger partial charge in [-0.3, -0.25) is 0 Å². The Morgan fingerprint density at radius 1 is 1.11 bits per heavy atom. The minimum atomic E-state index is 0.144. The normalized spacial score (nSPS) is 12.4. The second-order valence-electron chi connectivity index (χ2n) is 4.74. The van der Waals surface area contributed by atoms with Gasteiger partial charge in [-0.25, -0.2) is 0 Å². The predicted molar refractivity (Wildman–Crippen MR) is 82.8 cm³/mol. The molecule has 2 aromatic rings. The number of nitrogens with one attached hydrogen (secondary N) is 1. The Morgan fingerprint density at radius 3 is 2.58 bits per heavy atom. The number of benzene rings is 2. The number of halogens is 1. The lowest BCUT2D eigenvalue weighted by Gasteiger charge is -2.19. The summed E-state index contributed by atoms with van der Waals surface area (Å²) in [6.07, 6.45) is 2.28. The Labute approximate surface area is 120 Å². The molecule has 1 N–H and O–H groups in total. The van der Waals surface area contributed by atoms with Crippen LogP contribution >= 0.6 is 11.6 Å². The van der Waals surface area contributed by atoms with Crippen LogP contribution in [0.1, 0.15) is 36.1 Å². The molecule has 0 aliphatic rings. The van der Waals surface area contributed by atoms with Crippen LogP contribution in [0.25, 0.3) is 0 Å². The molecule has 0 aliphatic carbocycles. The molecule has 2 heteroatoms. The van der Waals surface area contributed by atoms with E-state index in [-0.39, 0.29) is 6.04 Å². The summed E-state index contributed by atoms with van der Waals surface area (Å²) in [6.45, 7) is 2.20. The highest BCUT2D eigenvalue weighted by Gasteiger charge is 2.14. The van der Waals surface area contributed by atoms with Gasteiger partial charge in [0.1, 0.15) is 0 Å². The average Bonchev–Trinajstić information content (AvgIpc) is 2.43. The summed E-state index contributed by atoms with van der Waals surface area (Å²) < 4.78 is 0. The van der Waals surface area contributed by atoms with Crippen molar-refractivity contribution in [3.8, 4) is 0 Å². The van der Waals surface area contributed by atoms with Crippen molar-refractivity contribution >= 4 is 11.6 Å². The molecule has 1 unspecified atom stereocenters. The van der Waals surface area contributed by atoms with Crippen molar-refractivity contribution in [2.24, 2.45) is 0 Å². The van der Waals surface area contributed by atoms with Crippen molar-refractivity contribution in [3.63, 3.8) is 0 Å². The number of hydrogen-bond donors (Lipinski definition) is 1. The van der Waals surface area contributed by atoms with Crippen LogP contribution in [0.3, 0.4) is 0 Å². The highest BCUT2D eigenvalue weighted by molar-refractivity contribution is 6.31. The first-order chi connectivity index (χ1) is 9.26. The Morgan fingerprint density at radius 2 is 1.89 bits per heavy atom. The van der Waals surface area contributed by atoms with E-state index in [1.54, 1.807) is 0 Å². The van der Waals surface area contributed by atoms with Crippen LogP contribution in [0.15, 0.2) is 48.5 Å². The van der Waals surface area contributed by atoms with Gasteiger partial charge in [-0.15, -0.1) is 0 Å². The van der Waals surface area contributed by atoms with Crippen LogP contribution in [0.2, 0.25) is 5.02 Å². The molecule has 0 bridgehead atoms. The minimum absolute atomic E-state index is 0.144. The maximum absolute atomic E-state index is 6.31. The van der Waals surface area contributed by atoms with Crippen molar-refractivity contribution in [3.05, 3.63) is 70.2 Å². The molecular formula is C17H20ClN. The van der Waals surface area contributed by atoms with Crippen molar-refractivity contribution < 1.29 is 0 Å². The highest BCUT2D eigenvalue weighted by Crippen LogP contribution is 2.28. The molecule has 0 aliphatic heterocycles. The average molecular weight is 274 g/mol. The van der Waals surface area contributed by atoms with Gasteiger partial charge in [0.15, 0.2) is 0 Å². The Kier molecular flexibility index (Phi) is 5.00. The van der Waals surface area contributed by atoms with Crippen LogP contribution in [0, 0.1) is 0 Å². The first kappa shape index (κ1) is 14.1. The quantitative estimate of drug-likeness (QED) is 0.839. The van der Waals surface area contributed by atoms with Gasteiger partial charge in [-0.2, -0.15) is 0 Å². The fourth-order valence-corrected chi connectivity index (χ4v) is 2.67. The maximum Gasteiger partial charge on any atom is 0.0589 e. The van der Waals surface area contributed by atoms with Gasteiger partial charge in [-0.05, 0) is 36.2 Å². The SMILES string of the molecule is CCCc1cccc(C(NC)c2ccccc2Cl)c1. The fraction of sp³-hybridized carbons (Fsp3) is 0.294. The summed E-state index contributed by atoms with van der Waals surface area (Å²) in [4.78, 5) is 0. The summed E-state index contributed by atoms with van der Waals surface area (Å²) in [5.41, 5.74) is 3.77. The van der Waals surface area contributed by atoms with Gasteiger partial charge in [0.2, 0.25) is 0 Å². The summed E-state index contributed by atoms with van der Waals surface area (Å²) in [7, 11) is 1.97. The van der Waals surface area contributed by atoms with E-state index in [1.165, 1.54) is 17.5 Å². The van der Waals surface area contributed by atoms with Gasteiger partial charge < -0.3 is 5.32 Å². The molecule has 0 radical (unpaired) electrons. The molecule has 2 aromatic carbocycles. The van der Waals surface area contributed by atoms with Gasteiger partial charge in [0.05, 0.1) is 6.04 Å². The van der Waals surface area contributed by atoms with Crippen LogP contribution in [0.4, 0.5) is 0 Å². The molecule has 2 rings (SSSR count). The molecule has 0 aromatic heterocycles. The molecule has 19 heavy (non-hydrogen) atoms. The van der Waals surface area contributed by atoms with Crippen molar-refractivity contribution in [1.29, 1.82) is 0 Å². The van der Waals surface area contributed by atoms with E-state index in [2.05, 4.69) is 42.6 Å². The smallest absolute Gasteiger partial charge is 0.0589 e. The third kappa shape index (κ3) is 3.37. The van der Waals surface area contributed by atoms with Crippen molar-refractivity contribution in [2.75, 3.05) is 7.05 Å². The first-order valence-corrected chi connectivity index (χ1v) is 7.14. The molecule has 0 spiro atoms. The number of hydrogen-bond acceptors (Lipinski definition) is 1. The zero-order chi connectivity index (χ0) is 13.7. The molecular weight excluding hydrogens is 254 g/mol. The lowest BCUT2D eigenvalue weighted by molar-refractivity contribution is 0.690. The third-order valence-electron chi connectivity index (χ3n) is 3.33. The highest BCUT2D eigenvalue weighted by atomic mass is 35.5. The second-order valence-corrected chi connectivity index (χ2v) is 5.15. The standard InChI is InChI=1S/C17H20ClN/c1-3-7-13-8-6-9-14(12-13)17(19-2)15-10-4-5-11-16(15)18/h4-6,8-12,17,19H,3,7H2,1-2H3. The zero-order valence-corrected chi connectivity index (χ0v) is 12.2. The lowest BCUT2D eigenvalue weighted by Crippen LogP contribution is -2.18. The van der Waals surface area contributed by atoms with E-state index in [4.69, 9.17) is 11.6 Å². The topological polar surface area (TPSA) is 12.0 Å². The fourth-order valence-electron chi connectivity index (χ4n) is 2.43. The Balaban J connectivity index is 2.37. The molecule has 100 valence electrons. The Bertz CT molecular complexity index is 536. The molecule has 0 amide bonds. The van der Waals surface area contributed by atoms with Gasteiger partial charge >= 0.3 is 0 Å². The maximum atomic E-state index is 6.31. The molecule has 0 saturated carbocycles. The number of rotatable bonds is 5. The van der Waals surface area contributed by atoms with E-state index in [9.17, 15) is 0 Å². The van der Waals surface area contributed by atoms with E-state index in [0.717, 1.165) is 17.0 Å². The summed E-state index contributed by atoms with van der Waals surface area (Å²) in [5.74, 6) is 0. The van der Waals surface area contributed by atoms with Crippen LogP contribution in [0.5, 0.6) is 0 Å². The van der Waals surface area contributed by atoms with E-state index < -0.39 is 0 Å². The predicted octanol–water partition coefficient (Wildman–Crippen LogP) is 4.60. The largest absolute Gasteiger partial charge is 0.309 e.